The summed E-state index contributed by atoms with van der Waals surface area (Å²) >= 11 is 0. The van der Waals surface area contributed by atoms with Gasteiger partial charge in [0.15, 0.2) is 11.6 Å². The fourth-order valence-corrected chi connectivity index (χ4v) is 4.31. The molecule has 1 unspecified atom stereocenters. The van der Waals surface area contributed by atoms with Crippen LogP contribution in [0.25, 0.3) is 0 Å². The van der Waals surface area contributed by atoms with Crippen molar-refractivity contribution in [2.45, 2.75) is 57.5 Å². The Morgan fingerprint density at radius 2 is 1.82 bits per heavy atom. The second-order valence-corrected chi connectivity index (χ2v) is 8.04. The summed E-state index contributed by atoms with van der Waals surface area (Å²) in [5.74, 6) is 1.38. The molecule has 0 saturated carbocycles. The minimum absolute atomic E-state index is 0.0176. The van der Waals surface area contributed by atoms with Crippen molar-refractivity contribution in [2.75, 3.05) is 39.3 Å². The van der Waals surface area contributed by atoms with E-state index < -0.39 is 0 Å². The minimum Gasteiger partial charge on any atom is -0.445 e. The maximum absolute atomic E-state index is 12.6. The van der Waals surface area contributed by atoms with Crippen LogP contribution in [-0.2, 0) is 4.74 Å². The third-order valence-electron chi connectivity index (χ3n) is 6.05. The standard InChI is InChI=1S/C20H30N4O4/c1-14-17(19(25)23-8-2-3-9-23)22-18(28-14)15-6-10-24(11-7-15)20(26)21-13-16-5-4-12-27-16/h15-16H,2-13H2,1H3,(H,21,26). The first-order chi connectivity index (χ1) is 13.6. The predicted molar refractivity (Wildman–Crippen MR) is 102 cm³/mol. The van der Waals surface area contributed by atoms with Crippen molar-refractivity contribution in [1.29, 1.82) is 0 Å². The molecular formula is C20H30N4O4. The quantitative estimate of drug-likeness (QED) is 0.852. The van der Waals surface area contributed by atoms with E-state index in [-0.39, 0.29) is 24.0 Å². The van der Waals surface area contributed by atoms with E-state index >= 15 is 0 Å². The smallest absolute Gasteiger partial charge is 0.317 e. The molecule has 3 aliphatic rings. The normalized spacial score (nSPS) is 23.4. The molecule has 0 spiro atoms. The van der Waals surface area contributed by atoms with E-state index in [2.05, 4.69) is 10.3 Å². The number of nitrogens with zero attached hydrogens (tertiary/aromatic N) is 3. The fraction of sp³-hybridized carbons (Fsp3) is 0.750. The van der Waals surface area contributed by atoms with E-state index in [1.54, 1.807) is 0 Å². The third-order valence-corrected chi connectivity index (χ3v) is 6.05. The molecule has 3 saturated heterocycles. The van der Waals surface area contributed by atoms with Gasteiger partial charge >= 0.3 is 6.03 Å². The van der Waals surface area contributed by atoms with Gasteiger partial charge in [-0.05, 0) is 45.4 Å². The van der Waals surface area contributed by atoms with Gasteiger partial charge in [-0.2, -0.15) is 0 Å². The summed E-state index contributed by atoms with van der Waals surface area (Å²) in [5.41, 5.74) is 0.452. The SMILES string of the molecule is Cc1oc(C2CCN(C(=O)NCC3CCCO3)CC2)nc1C(=O)N1CCCC1. The molecule has 4 rings (SSSR count). The Balaban J connectivity index is 1.29. The first-order valence-corrected chi connectivity index (χ1v) is 10.5. The maximum atomic E-state index is 12.6. The van der Waals surface area contributed by atoms with Gasteiger partial charge < -0.3 is 24.3 Å². The first-order valence-electron chi connectivity index (χ1n) is 10.5. The summed E-state index contributed by atoms with van der Waals surface area (Å²) in [6.07, 6.45) is 5.96. The summed E-state index contributed by atoms with van der Waals surface area (Å²) in [6, 6.07) is -0.0255. The zero-order chi connectivity index (χ0) is 19.5. The van der Waals surface area contributed by atoms with Gasteiger partial charge in [-0.3, -0.25) is 4.79 Å². The van der Waals surface area contributed by atoms with Crippen LogP contribution in [0.5, 0.6) is 0 Å². The van der Waals surface area contributed by atoms with Gasteiger partial charge in [0.05, 0.1) is 6.10 Å². The van der Waals surface area contributed by atoms with Crippen molar-refractivity contribution in [1.82, 2.24) is 20.1 Å². The second-order valence-electron chi connectivity index (χ2n) is 8.04. The van der Waals surface area contributed by atoms with E-state index in [9.17, 15) is 9.59 Å². The zero-order valence-electron chi connectivity index (χ0n) is 16.6. The third kappa shape index (κ3) is 4.16. The van der Waals surface area contributed by atoms with Gasteiger partial charge in [-0.1, -0.05) is 0 Å². The van der Waals surface area contributed by atoms with Crippen LogP contribution >= 0.6 is 0 Å². The summed E-state index contributed by atoms with van der Waals surface area (Å²) in [7, 11) is 0. The van der Waals surface area contributed by atoms with E-state index in [1.807, 2.05) is 16.7 Å². The summed E-state index contributed by atoms with van der Waals surface area (Å²) in [5, 5.41) is 2.98. The largest absolute Gasteiger partial charge is 0.445 e. The van der Waals surface area contributed by atoms with E-state index in [4.69, 9.17) is 9.15 Å². The Bertz CT molecular complexity index is 699. The van der Waals surface area contributed by atoms with Gasteiger partial charge in [0, 0.05) is 45.2 Å². The highest BCUT2D eigenvalue weighted by molar-refractivity contribution is 5.93. The lowest BCUT2D eigenvalue weighted by atomic mass is 9.97. The number of aryl methyl sites for hydroxylation is 1. The molecule has 0 aliphatic carbocycles. The molecule has 0 bridgehead atoms. The summed E-state index contributed by atoms with van der Waals surface area (Å²) in [6.45, 7) is 6.13. The number of hydrogen-bond acceptors (Lipinski definition) is 5. The average molecular weight is 390 g/mol. The van der Waals surface area contributed by atoms with Crippen LogP contribution in [0.15, 0.2) is 4.42 Å². The lowest BCUT2D eigenvalue weighted by molar-refractivity contribution is 0.0786. The summed E-state index contributed by atoms with van der Waals surface area (Å²) < 4.78 is 11.4. The number of hydrogen-bond donors (Lipinski definition) is 1. The molecule has 1 aromatic rings. The fourth-order valence-electron chi connectivity index (χ4n) is 4.31. The number of nitrogens with one attached hydrogen (secondary N) is 1. The van der Waals surface area contributed by atoms with Crippen molar-refractivity contribution in [3.8, 4) is 0 Å². The highest BCUT2D eigenvalue weighted by Crippen LogP contribution is 2.29. The molecule has 4 heterocycles. The zero-order valence-corrected chi connectivity index (χ0v) is 16.6. The second kappa shape index (κ2) is 8.51. The van der Waals surface area contributed by atoms with Crippen molar-refractivity contribution in [2.24, 2.45) is 0 Å². The Hall–Kier alpha value is -2.09. The van der Waals surface area contributed by atoms with Gasteiger partial charge in [0.25, 0.3) is 5.91 Å². The minimum atomic E-state index is -0.0255. The molecule has 3 amide bonds. The molecule has 3 fully saturated rings. The molecule has 1 aromatic heterocycles. The Morgan fingerprint density at radius 3 is 2.50 bits per heavy atom. The average Bonchev–Trinajstić information content (AvgIpc) is 3.47. The van der Waals surface area contributed by atoms with Crippen molar-refractivity contribution < 1.29 is 18.7 Å². The summed E-state index contributed by atoms with van der Waals surface area (Å²) in [4.78, 5) is 33.2. The highest BCUT2D eigenvalue weighted by Gasteiger charge is 2.30. The number of piperidine rings is 1. The topological polar surface area (TPSA) is 87.9 Å². The van der Waals surface area contributed by atoms with E-state index in [0.717, 1.165) is 58.2 Å². The molecule has 1 atom stereocenters. The van der Waals surface area contributed by atoms with Crippen LogP contribution < -0.4 is 5.32 Å². The van der Waals surface area contributed by atoms with Crippen molar-refractivity contribution >= 4 is 11.9 Å². The van der Waals surface area contributed by atoms with Crippen LogP contribution in [0.3, 0.4) is 0 Å². The lowest BCUT2D eigenvalue weighted by Gasteiger charge is -2.31. The van der Waals surface area contributed by atoms with E-state index in [1.165, 1.54) is 0 Å². The molecule has 1 N–H and O–H groups in total. The van der Waals surface area contributed by atoms with E-state index in [0.29, 0.717) is 37.0 Å². The molecule has 0 aromatic carbocycles. The first kappa shape index (κ1) is 19.2. The molecule has 3 aliphatic heterocycles. The monoisotopic (exact) mass is 390 g/mol. The number of rotatable bonds is 4. The molecule has 8 heteroatoms. The van der Waals surface area contributed by atoms with Gasteiger partial charge in [-0.15, -0.1) is 0 Å². The van der Waals surface area contributed by atoms with Crippen molar-refractivity contribution in [3.63, 3.8) is 0 Å². The van der Waals surface area contributed by atoms with Crippen LogP contribution in [0, 0.1) is 6.92 Å². The Kier molecular flexibility index (Phi) is 5.85. The number of likely N-dealkylation sites (tertiary alicyclic amines) is 2. The van der Waals surface area contributed by atoms with Gasteiger partial charge in [0.1, 0.15) is 5.76 Å². The van der Waals surface area contributed by atoms with Crippen LogP contribution in [-0.4, -0.2) is 72.2 Å². The number of carbonyl (C=O) groups is 2. The number of urea groups is 1. The Morgan fingerprint density at radius 1 is 1.07 bits per heavy atom. The van der Waals surface area contributed by atoms with Gasteiger partial charge in [-0.25, -0.2) is 9.78 Å². The number of ether oxygens (including phenoxy) is 1. The molecule has 8 nitrogen and oxygen atoms in total. The highest BCUT2D eigenvalue weighted by atomic mass is 16.5. The van der Waals surface area contributed by atoms with Crippen molar-refractivity contribution in [3.05, 3.63) is 17.3 Å². The number of aromatic nitrogens is 1. The van der Waals surface area contributed by atoms with Crippen LogP contribution in [0.2, 0.25) is 0 Å². The molecule has 28 heavy (non-hydrogen) atoms. The molecular weight excluding hydrogens is 360 g/mol. The number of carbonyl (C=O) groups excluding carboxylic acids is 2. The Labute approximate surface area is 165 Å². The maximum Gasteiger partial charge on any atom is 0.317 e. The predicted octanol–water partition coefficient (Wildman–Crippen LogP) is 2.29. The lowest BCUT2D eigenvalue weighted by Crippen LogP contribution is -2.46. The molecule has 0 radical (unpaired) electrons. The van der Waals surface area contributed by atoms with Gasteiger partial charge in [0.2, 0.25) is 0 Å². The number of amides is 3. The van der Waals surface area contributed by atoms with Crippen LogP contribution in [0.1, 0.15) is 66.6 Å². The van der Waals surface area contributed by atoms with Crippen LogP contribution in [0.4, 0.5) is 4.79 Å². The molecule has 154 valence electrons. The number of oxazole rings is 1.